The number of hydrogen-bond acceptors (Lipinski definition) is 2. The standard InChI is InChI=1S/C17H29NOS/c1-7-10-18-16(17(4,5)6)12-20(19)15-9-8-13(2)11-14(15)3/h8-9,11,16,18H,7,10,12H2,1-6H3. The Kier molecular flexibility index (Phi) is 6.41. The summed E-state index contributed by atoms with van der Waals surface area (Å²) in [5.74, 6) is 0.674. The van der Waals surface area contributed by atoms with E-state index in [1.165, 1.54) is 5.56 Å². The van der Waals surface area contributed by atoms with E-state index in [1.54, 1.807) is 0 Å². The van der Waals surface area contributed by atoms with Crippen molar-refractivity contribution in [2.75, 3.05) is 12.3 Å². The molecule has 1 N–H and O–H groups in total. The van der Waals surface area contributed by atoms with Gasteiger partial charge in [0.15, 0.2) is 0 Å². The van der Waals surface area contributed by atoms with E-state index in [4.69, 9.17) is 0 Å². The molecule has 1 rings (SSSR count). The van der Waals surface area contributed by atoms with Crippen LogP contribution in [0.3, 0.4) is 0 Å². The molecule has 1 aromatic carbocycles. The maximum Gasteiger partial charge on any atom is 0.0548 e. The van der Waals surface area contributed by atoms with E-state index in [0.717, 1.165) is 23.4 Å². The number of hydrogen-bond donors (Lipinski definition) is 1. The molecule has 0 amide bonds. The molecular weight excluding hydrogens is 266 g/mol. The first-order valence-electron chi connectivity index (χ1n) is 7.44. The van der Waals surface area contributed by atoms with Crippen molar-refractivity contribution >= 4 is 10.8 Å². The summed E-state index contributed by atoms with van der Waals surface area (Å²) in [4.78, 5) is 0.975. The second-order valence-corrected chi connectivity index (χ2v) is 8.12. The fourth-order valence-corrected chi connectivity index (χ4v) is 3.97. The lowest BCUT2D eigenvalue weighted by Crippen LogP contribution is -2.44. The minimum Gasteiger partial charge on any atom is -0.313 e. The Labute approximate surface area is 126 Å². The van der Waals surface area contributed by atoms with Crippen LogP contribution in [0.25, 0.3) is 0 Å². The highest BCUT2D eigenvalue weighted by Crippen LogP contribution is 2.23. The van der Waals surface area contributed by atoms with Crippen LogP contribution in [0, 0.1) is 19.3 Å². The van der Waals surface area contributed by atoms with Crippen LogP contribution in [0.5, 0.6) is 0 Å². The van der Waals surface area contributed by atoms with Crippen molar-refractivity contribution in [2.24, 2.45) is 5.41 Å². The summed E-state index contributed by atoms with van der Waals surface area (Å²) in [6.07, 6.45) is 1.10. The maximum atomic E-state index is 12.7. The van der Waals surface area contributed by atoms with Crippen LogP contribution in [-0.2, 0) is 10.8 Å². The van der Waals surface area contributed by atoms with Crippen molar-refractivity contribution in [3.05, 3.63) is 29.3 Å². The molecule has 0 heterocycles. The van der Waals surface area contributed by atoms with Crippen molar-refractivity contribution in [1.82, 2.24) is 5.32 Å². The van der Waals surface area contributed by atoms with E-state index in [2.05, 4.69) is 46.0 Å². The van der Waals surface area contributed by atoms with Gasteiger partial charge in [-0.2, -0.15) is 0 Å². The first-order valence-corrected chi connectivity index (χ1v) is 8.76. The maximum absolute atomic E-state index is 12.7. The molecule has 3 heteroatoms. The number of aryl methyl sites for hydroxylation is 2. The quantitative estimate of drug-likeness (QED) is 0.864. The van der Waals surface area contributed by atoms with Crippen LogP contribution in [0.2, 0.25) is 0 Å². The van der Waals surface area contributed by atoms with Gasteiger partial charge < -0.3 is 5.32 Å². The van der Waals surface area contributed by atoms with Crippen molar-refractivity contribution in [3.8, 4) is 0 Å². The molecule has 114 valence electrons. The first kappa shape index (κ1) is 17.4. The molecule has 0 saturated heterocycles. The van der Waals surface area contributed by atoms with E-state index in [0.29, 0.717) is 5.75 Å². The normalized spacial score (nSPS) is 15.1. The molecule has 0 fully saturated rings. The zero-order valence-electron chi connectivity index (χ0n) is 13.7. The lowest BCUT2D eigenvalue weighted by atomic mass is 9.88. The lowest BCUT2D eigenvalue weighted by Gasteiger charge is -2.31. The number of nitrogens with one attached hydrogen (secondary N) is 1. The molecule has 0 bridgehead atoms. The van der Waals surface area contributed by atoms with Gasteiger partial charge in [-0.1, -0.05) is 45.4 Å². The fraction of sp³-hybridized carbons (Fsp3) is 0.647. The molecule has 2 nitrogen and oxygen atoms in total. The highest BCUT2D eigenvalue weighted by atomic mass is 32.2. The van der Waals surface area contributed by atoms with Crippen molar-refractivity contribution in [2.45, 2.75) is 58.9 Å². The van der Waals surface area contributed by atoms with E-state index in [9.17, 15) is 4.21 Å². The van der Waals surface area contributed by atoms with Crippen LogP contribution in [0.4, 0.5) is 0 Å². The predicted molar refractivity (Wildman–Crippen MR) is 88.7 cm³/mol. The number of benzene rings is 1. The summed E-state index contributed by atoms with van der Waals surface area (Å²) < 4.78 is 12.7. The second-order valence-electron chi connectivity index (χ2n) is 6.65. The van der Waals surface area contributed by atoms with Crippen LogP contribution < -0.4 is 5.32 Å². The Morgan fingerprint density at radius 2 is 1.90 bits per heavy atom. The van der Waals surface area contributed by atoms with Crippen LogP contribution in [0.1, 0.15) is 45.2 Å². The highest BCUT2D eigenvalue weighted by molar-refractivity contribution is 7.85. The van der Waals surface area contributed by atoms with Gasteiger partial charge in [0.25, 0.3) is 0 Å². The topological polar surface area (TPSA) is 29.1 Å². The van der Waals surface area contributed by atoms with E-state index < -0.39 is 10.8 Å². The zero-order chi connectivity index (χ0) is 15.3. The van der Waals surface area contributed by atoms with Crippen molar-refractivity contribution < 1.29 is 4.21 Å². The summed E-state index contributed by atoms with van der Waals surface area (Å²) in [5, 5.41) is 3.55. The molecule has 0 aromatic heterocycles. The largest absolute Gasteiger partial charge is 0.313 e. The monoisotopic (exact) mass is 295 g/mol. The average molecular weight is 295 g/mol. The molecule has 0 radical (unpaired) electrons. The summed E-state index contributed by atoms with van der Waals surface area (Å²) in [7, 11) is -0.946. The second kappa shape index (κ2) is 7.37. The molecular formula is C17H29NOS. The first-order chi connectivity index (χ1) is 9.25. The van der Waals surface area contributed by atoms with Gasteiger partial charge in [0.05, 0.1) is 10.8 Å². The minimum absolute atomic E-state index is 0.115. The number of rotatable bonds is 6. The van der Waals surface area contributed by atoms with Crippen molar-refractivity contribution in [3.63, 3.8) is 0 Å². The third-order valence-corrected chi connectivity index (χ3v) is 5.16. The van der Waals surface area contributed by atoms with Gasteiger partial charge in [-0.25, -0.2) is 0 Å². The van der Waals surface area contributed by atoms with Crippen molar-refractivity contribution in [1.29, 1.82) is 0 Å². The highest BCUT2D eigenvalue weighted by Gasteiger charge is 2.26. The van der Waals surface area contributed by atoms with Gasteiger partial charge in [-0.15, -0.1) is 0 Å². The van der Waals surface area contributed by atoms with Gasteiger partial charge in [-0.05, 0) is 43.9 Å². The molecule has 0 aliphatic rings. The van der Waals surface area contributed by atoms with Crippen LogP contribution >= 0.6 is 0 Å². The van der Waals surface area contributed by atoms with E-state index in [1.807, 2.05) is 19.1 Å². The Balaban J connectivity index is 2.85. The summed E-state index contributed by atoms with van der Waals surface area (Å²) in [6, 6.07) is 6.44. The van der Waals surface area contributed by atoms with Gasteiger partial charge in [0.1, 0.15) is 0 Å². The third kappa shape index (κ3) is 5.02. The molecule has 2 atom stereocenters. The molecule has 2 unspecified atom stereocenters. The smallest absolute Gasteiger partial charge is 0.0548 e. The molecule has 0 saturated carbocycles. The SMILES string of the molecule is CCCNC(CS(=O)c1ccc(C)cc1C)C(C)(C)C. The molecule has 1 aromatic rings. The average Bonchev–Trinajstić information content (AvgIpc) is 2.32. The zero-order valence-corrected chi connectivity index (χ0v) is 14.6. The molecule has 20 heavy (non-hydrogen) atoms. The lowest BCUT2D eigenvalue weighted by molar-refractivity contribution is 0.290. The minimum atomic E-state index is -0.946. The van der Waals surface area contributed by atoms with Crippen LogP contribution in [0.15, 0.2) is 23.1 Å². The summed E-state index contributed by atoms with van der Waals surface area (Å²) in [5.41, 5.74) is 2.47. The van der Waals surface area contributed by atoms with Gasteiger partial charge in [0.2, 0.25) is 0 Å². The van der Waals surface area contributed by atoms with E-state index >= 15 is 0 Å². The van der Waals surface area contributed by atoms with E-state index in [-0.39, 0.29) is 11.5 Å². The third-order valence-electron chi connectivity index (χ3n) is 3.58. The molecule has 0 spiro atoms. The van der Waals surface area contributed by atoms with Gasteiger partial charge >= 0.3 is 0 Å². The Morgan fingerprint density at radius 1 is 1.25 bits per heavy atom. The molecule has 0 aliphatic heterocycles. The molecule has 0 aliphatic carbocycles. The van der Waals surface area contributed by atoms with Gasteiger partial charge in [0, 0.05) is 16.7 Å². The fourth-order valence-electron chi connectivity index (χ4n) is 2.23. The summed E-state index contributed by atoms with van der Waals surface area (Å²) >= 11 is 0. The Bertz CT molecular complexity index is 463. The predicted octanol–water partition coefficient (Wildman–Crippen LogP) is 3.83. The van der Waals surface area contributed by atoms with Crippen LogP contribution in [-0.4, -0.2) is 22.5 Å². The van der Waals surface area contributed by atoms with Gasteiger partial charge in [-0.3, -0.25) is 4.21 Å². The Hall–Kier alpha value is -0.670. The Morgan fingerprint density at radius 3 is 2.40 bits per heavy atom. The summed E-state index contributed by atoms with van der Waals surface area (Å²) in [6.45, 7) is 13.9.